The van der Waals surface area contributed by atoms with Crippen LogP contribution >= 0.6 is 11.6 Å². The van der Waals surface area contributed by atoms with Gasteiger partial charge in [-0.15, -0.1) is 0 Å². The van der Waals surface area contributed by atoms with E-state index in [0.717, 1.165) is 0 Å². The Labute approximate surface area is 166 Å². The van der Waals surface area contributed by atoms with E-state index in [1.54, 1.807) is 36.1 Å². The molecule has 8 nitrogen and oxygen atoms in total. The summed E-state index contributed by atoms with van der Waals surface area (Å²) in [6.07, 6.45) is 1.21. The Bertz CT molecular complexity index is 934. The molecule has 0 atom stereocenters. The van der Waals surface area contributed by atoms with Crippen LogP contribution in [0.4, 0.5) is 11.5 Å². The van der Waals surface area contributed by atoms with Crippen molar-refractivity contribution in [3.8, 4) is 5.75 Å². The fraction of sp³-hybridized carbons (Fsp3) is 0.316. The van der Waals surface area contributed by atoms with Gasteiger partial charge in [-0.2, -0.15) is 0 Å². The molecule has 2 N–H and O–H groups in total. The lowest BCUT2D eigenvalue weighted by atomic mass is 10.1. The predicted octanol–water partition coefficient (Wildman–Crippen LogP) is 2.50. The van der Waals surface area contributed by atoms with Crippen LogP contribution in [-0.2, 0) is 9.47 Å². The third-order valence-electron chi connectivity index (χ3n) is 4.18. The highest BCUT2D eigenvalue weighted by Gasteiger charge is 2.27. The third kappa shape index (κ3) is 4.35. The number of hydrogen-bond donors (Lipinski definition) is 2. The van der Waals surface area contributed by atoms with Gasteiger partial charge in [0.05, 0.1) is 25.5 Å². The number of nitrogens with one attached hydrogen (secondary N) is 1. The summed E-state index contributed by atoms with van der Waals surface area (Å²) in [7, 11) is 0. The summed E-state index contributed by atoms with van der Waals surface area (Å²) in [6.45, 7) is 3.64. The van der Waals surface area contributed by atoms with Crippen LogP contribution in [-0.4, -0.2) is 55.2 Å². The van der Waals surface area contributed by atoms with E-state index in [0.29, 0.717) is 37.0 Å². The number of aromatic nitrogens is 1. The average Bonchev–Trinajstić information content (AvgIpc) is 2.69. The number of nitrogens with zero attached hydrogens (tertiary/aromatic N) is 2. The first-order valence-electron chi connectivity index (χ1n) is 8.80. The van der Waals surface area contributed by atoms with E-state index in [4.69, 9.17) is 21.1 Å². The number of anilines is 1. The Morgan fingerprint density at radius 1 is 1.36 bits per heavy atom. The number of pyridine rings is 1. The molecule has 0 unspecified atom stereocenters. The van der Waals surface area contributed by atoms with E-state index < -0.39 is 17.3 Å². The molecule has 1 fully saturated rings. The van der Waals surface area contributed by atoms with E-state index in [1.807, 2.05) is 0 Å². The number of H-pyrrole nitrogens is 1. The maximum atomic E-state index is 12.6. The zero-order valence-corrected chi connectivity index (χ0v) is 16.0. The summed E-state index contributed by atoms with van der Waals surface area (Å²) in [5, 5.41) is 11.3. The van der Waals surface area contributed by atoms with Crippen molar-refractivity contribution in [1.29, 1.82) is 0 Å². The minimum atomic E-state index is -0.723. The second kappa shape index (κ2) is 8.90. The molecule has 1 aliphatic rings. The highest BCUT2D eigenvalue weighted by Crippen LogP contribution is 2.29. The molecule has 28 heavy (non-hydrogen) atoms. The maximum absolute atomic E-state index is 12.6. The first-order chi connectivity index (χ1) is 13.5. The molecule has 1 aromatic carbocycles. The lowest BCUT2D eigenvalue weighted by Gasteiger charge is -2.29. The summed E-state index contributed by atoms with van der Waals surface area (Å²) < 4.78 is 10.4. The number of carbonyl (C=O) groups is 1. The Morgan fingerprint density at radius 2 is 2.04 bits per heavy atom. The number of aromatic hydroxyl groups is 1. The zero-order valence-electron chi connectivity index (χ0n) is 15.3. The fourth-order valence-electron chi connectivity index (χ4n) is 2.80. The van der Waals surface area contributed by atoms with Crippen LogP contribution in [0.2, 0.25) is 5.02 Å². The van der Waals surface area contributed by atoms with Gasteiger partial charge in [-0.05, 0) is 31.2 Å². The largest absolute Gasteiger partial charge is 0.506 e. The van der Waals surface area contributed by atoms with Gasteiger partial charge in [-0.1, -0.05) is 11.6 Å². The third-order valence-corrected chi connectivity index (χ3v) is 4.43. The summed E-state index contributed by atoms with van der Waals surface area (Å²) in [5.41, 5.74) is -0.251. The molecular formula is C19H20ClN3O5. The van der Waals surface area contributed by atoms with E-state index >= 15 is 0 Å². The highest BCUT2D eigenvalue weighted by atomic mass is 35.5. The summed E-state index contributed by atoms with van der Waals surface area (Å²) in [4.78, 5) is 33.7. The van der Waals surface area contributed by atoms with Crippen molar-refractivity contribution in [2.45, 2.75) is 6.92 Å². The second-order valence-corrected chi connectivity index (χ2v) is 6.43. The van der Waals surface area contributed by atoms with Crippen LogP contribution in [0.5, 0.6) is 5.75 Å². The van der Waals surface area contributed by atoms with Crippen LogP contribution in [0.25, 0.3) is 0 Å². The molecule has 0 bridgehead atoms. The van der Waals surface area contributed by atoms with Gasteiger partial charge in [0.15, 0.2) is 0 Å². The molecule has 9 heteroatoms. The van der Waals surface area contributed by atoms with Crippen molar-refractivity contribution in [3.63, 3.8) is 0 Å². The number of aromatic amines is 1. The Morgan fingerprint density at radius 3 is 2.68 bits per heavy atom. The number of hydrogen-bond acceptors (Lipinski definition) is 7. The van der Waals surface area contributed by atoms with Gasteiger partial charge >= 0.3 is 5.97 Å². The number of benzene rings is 1. The van der Waals surface area contributed by atoms with Gasteiger partial charge in [-0.3, -0.25) is 9.79 Å². The lowest BCUT2D eigenvalue weighted by Crippen LogP contribution is -2.39. The van der Waals surface area contributed by atoms with Crippen LogP contribution in [0.3, 0.4) is 0 Å². The minimum absolute atomic E-state index is 0.0964. The van der Waals surface area contributed by atoms with Crippen LogP contribution in [0.1, 0.15) is 22.8 Å². The van der Waals surface area contributed by atoms with Gasteiger partial charge in [0.2, 0.25) is 0 Å². The molecule has 1 aromatic heterocycles. The van der Waals surface area contributed by atoms with E-state index in [2.05, 4.69) is 9.98 Å². The number of halogens is 1. The number of morpholine rings is 1. The Hall–Kier alpha value is -2.84. The number of esters is 1. The summed E-state index contributed by atoms with van der Waals surface area (Å²) in [5.74, 6) is -0.979. The molecule has 1 aliphatic heterocycles. The van der Waals surface area contributed by atoms with E-state index in [-0.39, 0.29) is 23.6 Å². The fourth-order valence-corrected chi connectivity index (χ4v) is 2.92. The molecule has 0 radical (unpaired) electrons. The normalized spacial score (nSPS) is 14.4. The van der Waals surface area contributed by atoms with Crippen LogP contribution < -0.4 is 10.5 Å². The van der Waals surface area contributed by atoms with Gasteiger partial charge in [0, 0.05) is 24.3 Å². The Kier molecular flexibility index (Phi) is 6.33. The van der Waals surface area contributed by atoms with Crippen molar-refractivity contribution in [1.82, 2.24) is 4.98 Å². The molecule has 2 aromatic rings. The number of carbonyl (C=O) groups excluding carboxylic acids is 1. The van der Waals surface area contributed by atoms with E-state index in [9.17, 15) is 14.7 Å². The molecule has 0 saturated carbocycles. The quantitative estimate of drug-likeness (QED) is 0.585. The van der Waals surface area contributed by atoms with Gasteiger partial charge in [0.1, 0.15) is 22.7 Å². The van der Waals surface area contributed by atoms with Crippen molar-refractivity contribution in [3.05, 3.63) is 50.8 Å². The average molecular weight is 406 g/mol. The molecule has 3 rings (SSSR count). The topological polar surface area (TPSA) is 104 Å². The second-order valence-electron chi connectivity index (χ2n) is 5.99. The SMILES string of the molecule is CCOC(=O)c1c(N2CCOCC2)[nH]c(=O)c(C=Nc2ccc(Cl)cc2)c1O. The highest BCUT2D eigenvalue weighted by molar-refractivity contribution is 6.30. The molecule has 1 saturated heterocycles. The first kappa shape index (κ1) is 19.9. The maximum Gasteiger partial charge on any atom is 0.345 e. The predicted molar refractivity (Wildman–Crippen MR) is 106 cm³/mol. The molecule has 0 aliphatic carbocycles. The lowest BCUT2D eigenvalue weighted by molar-refractivity contribution is 0.0522. The molecule has 0 amide bonds. The van der Waals surface area contributed by atoms with Crippen LogP contribution in [0, 0.1) is 0 Å². The van der Waals surface area contributed by atoms with Gasteiger partial charge in [0.25, 0.3) is 5.56 Å². The minimum Gasteiger partial charge on any atom is -0.506 e. The van der Waals surface area contributed by atoms with Crippen molar-refractivity contribution >= 4 is 35.3 Å². The number of ether oxygens (including phenoxy) is 2. The molecule has 2 heterocycles. The smallest absolute Gasteiger partial charge is 0.345 e. The summed E-state index contributed by atoms with van der Waals surface area (Å²) >= 11 is 5.84. The summed E-state index contributed by atoms with van der Waals surface area (Å²) in [6, 6.07) is 6.64. The molecular weight excluding hydrogens is 386 g/mol. The number of rotatable bonds is 5. The molecule has 0 spiro atoms. The van der Waals surface area contributed by atoms with Crippen molar-refractivity contribution < 1.29 is 19.4 Å². The zero-order chi connectivity index (χ0) is 20.1. The van der Waals surface area contributed by atoms with Crippen LogP contribution in [0.15, 0.2) is 34.1 Å². The monoisotopic (exact) mass is 405 g/mol. The first-order valence-corrected chi connectivity index (χ1v) is 9.17. The van der Waals surface area contributed by atoms with E-state index in [1.165, 1.54) is 6.21 Å². The standard InChI is InChI=1S/C19H20ClN3O5/c1-2-28-19(26)15-16(24)14(11-21-13-5-3-12(20)4-6-13)18(25)22-17(15)23-7-9-27-10-8-23/h3-6,11H,2,7-10H2,1H3,(H2,22,24,25). The van der Waals surface area contributed by atoms with Gasteiger partial charge in [-0.25, -0.2) is 4.79 Å². The van der Waals surface area contributed by atoms with Crippen molar-refractivity contribution in [2.24, 2.45) is 4.99 Å². The van der Waals surface area contributed by atoms with Crippen molar-refractivity contribution in [2.75, 3.05) is 37.8 Å². The number of aliphatic imine (C=N–C) groups is 1. The van der Waals surface area contributed by atoms with Gasteiger partial charge < -0.3 is 24.5 Å². The molecule has 148 valence electrons. The Balaban J connectivity index is 2.05.